The molecular weight excluding hydrogens is 210 g/mol. The quantitative estimate of drug-likeness (QED) is 0.829. The van der Waals surface area contributed by atoms with Crippen LogP contribution in [0.2, 0.25) is 0 Å². The molecule has 0 spiro atoms. The fourth-order valence-corrected chi connectivity index (χ4v) is 2.71. The summed E-state index contributed by atoms with van der Waals surface area (Å²) in [6, 6.07) is 1.81. The van der Waals surface area contributed by atoms with Gasteiger partial charge in [-0.25, -0.2) is 4.98 Å². The number of nitriles is 1. The van der Waals surface area contributed by atoms with Gasteiger partial charge in [0, 0.05) is 4.88 Å². The van der Waals surface area contributed by atoms with Crippen LogP contribution >= 0.6 is 11.3 Å². The molecule has 1 N–H and O–H groups in total. The number of carbonyl (C=O) groups excluding carboxylic acids is 1. The van der Waals surface area contributed by atoms with Crippen LogP contribution < -0.4 is 5.32 Å². The van der Waals surface area contributed by atoms with Gasteiger partial charge in [0.2, 0.25) is 5.91 Å². The zero-order chi connectivity index (χ0) is 10.7. The summed E-state index contributed by atoms with van der Waals surface area (Å²) in [5.41, 5.74) is 1.12. The summed E-state index contributed by atoms with van der Waals surface area (Å²) in [5, 5.41) is 11.6. The van der Waals surface area contributed by atoms with Gasteiger partial charge >= 0.3 is 0 Å². The van der Waals surface area contributed by atoms with Crippen molar-refractivity contribution in [1.29, 1.82) is 5.26 Å². The molecule has 0 unspecified atom stereocenters. The Morgan fingerprint density at radius 3 is 3.07 bits per heavy atom. The van der Waals surface area contributed by atoms with E-state index in [9.17, 15) is 4.79 Å². The SMILES string of the molecule is N#CCC(=O)Nc1nc2c(s1)CCCC2. The molecular formula is C10H11N3OS. The maximum Gasteiger partial charge on any atom is 0.240 e. The third kappa shape index (κ3) is 2.34. The molecule has 1 aromatic rings. The summed E-state index contributed by atoms with van der Waals surface area (Å²) in [5.74, 6) is -0.274. The Labute approximate surface area is 91.9 Å². The molecule has 0 atom stereocenters. The summed E-state index contributed by atoms with van der Waals surface area (Å²) in [6.07, 6.45) is 4.37. The van der Waals surface area contributed by atoms with Crippen LogP contribution in [0.25, 0.3) is 0 Å². The average Bonchev–Trinajstić information content (AvgIpc) is 2.59. The Kier molecular flexibility index (Phi) is 2.97. The lowest BCUT2D eigenvalue weighted by Crippen LogP contribution is -2.09. The van der Waals surface area contributed by atoms with Gasteiger partial charge in [-0.15, -0.1) is 11.3 Å². The molecule has 1 amide bonds. The fourth-order valence-electron chi connectivity index (χ4n) is 1.64. The molecule has 1 aliphatic carbocycles. The second kappa shape index (κ2) is 4.41. The van der Waals surface area contributed by atoms with Gasteiger partial charge in [0.1, 0.15) is 6.42 Å². The van der Waals surface area contributed by atoms with Gasteiger partial charge in [0.15, 0.2) is 5.13 Å². The average molecular weight is 221 g/mol. The minimum Gasteiger partial charge on any atom is -0.301 e. The maximum absolute atomic E-state index is 11.2. The largest absolute Gasteiger partial charge is 0.301 e. The minimum atomic E-state index is -0.274. The number of hydrogen-bond acceptors (Lipinski definition) is 4. The van der Waals surface area contributed by atoms with Crippen LogP contribution in [0, 0.1) is 11.3 Å². The van der Waals surface area contributed by atoms with Crippen molar-refractivity contribution in [3.63, 3.8) is 0 Å². The summed E-state index contributed by atoms with van der Waals surface area (Å²) < 4.78 is 0. The summed E-state index contributed by atoms with van der Waals surface area (Å²) in [6.45, 7) is 0. The van der Waals surface area contributed by atoms with E-state index in [0.717, 1.165) is 18.5 Å². The first-order valence-electron chi connectivity index (χ1n) is 4.95. The lowest BCUT2D eigenvalue weighted by atomic mass is 10.0. The number of fused-ring (bicyclic) bond motifs is 1. The smallest absolute Gasteiger partial charge is 0.240 e. The van der Waals surface area contributed by atoms with Crippen LogP contribution in [-0.4, -0.2) is 10.9 Å². The molecule has 0 aromatic carbocycles. The first-order valence-corrected chi connectivity index (χ1v) is 5.76. The van der Waals surface area contributed by atoms with Crippen molar-refractivity contribution in [2.24, 2.45) is 0 Å². The van der Waals surface area contributed by atoms with E-state index in [1.807, 2.05) is 6.07 Å². The maximum atomic E-state index is 11.2. The third-order valence-corrected chi connectivity index (χ3v) is 3.40. The number of thiazole rings is 1. The van der Waals surface area contributed by atoms with E-state index >= 15 is 0 Å². The zero-order valence-corrected chi connectivity index (χ0v) is 9.06. The van der Waals surface area contributed by atoms with Crippen LogP contribution in [0.4, 0.5) is 5.13 Å². The van der Waals surface area contributed by atoms with Crippen molar-refractivity contribution in [1.82, 2.24) is 4.98 Å². The van der Waals surface area contributed by atoms with Crippen molar-refractivity contribution >= 4 is 22.4 Å². The first-order chi connectivity index (χ1) is 7.29. The van der Waals surface area contributed by atoms with Gasteiger partial charge in [0.25, 0.3) is 0 Å². The Morgan fingerprint density at radius 1 is 1.53 bits per heavy atom. The number of amides is 1. The Morgan fingerprint density at radius 2 is 2.33 bits per heavy atom. The Bertz CT molecular complexity index is 395. The fraction of sp³-hybridized carbons (Fsp3) is 0.500. The van der Waals surface area contributed by atoms with Gasteiger partial charge in [-0.3, -0.25) is 4.79 Å². The van der Waals surface area contributed by atoms with Crippen LogP contribution in [0.3, 0.4) is 0 Å². The van der Waals surface area contributed by atoms with Crippen LogP contribution in [0.5, 0.6) is 0 Å². The standard InChI is InChI=1S/C10H11N3OS/c11-6-5-9(14)13-10-12-7-3-1-2-4-8(7)15-10/h1-5H2,(H,12,13,14). The first kappa shape index (κ1) is 10.1. The van der Waals surface area contributed by atoms with E-state index in [0.29, 0.717) is 5.13 Å². The molecule has 0 saturated heterocycles. The normalized spacial score (nSPS) is 14.1. The monoisotopic (exact) mass is 221 g/mol. The molecule has 1 heterocycles. The van der Waals surface area contributed by atoms with Crippen molar-refractivity contribution < 1.29 is 4.79 Å². The van der Waals surface area contributed by atoms with Crippen molar-refractivity contribution in [3.8, 4) is 6.07 Å². The molecule has 5 heteroatoms. The molecule has 1 aromatic heterocycles. The molecule has 0 fully saturated rings. The number of aromatic nitrogens is 1. The van der Waals surface area contributed by atoms with Crippen LogP contribution in [0.15, 0.2) is 0 Å². The van der Waals surface area contributed by atoms with E-state index in [2.05, 4.69) is 10.3 Å². The zero-order valence-electron chi connectivity index (χ0n) is 8.25. The summed E-state index contributed by atoms with van der Waals surface area (Å²) in [4.78, 5) is 16.8. The summed E-state index contributed by atoms with van der Waals surface area (Å²) in [7, 11) is 0. The van der Waals surface area contributed by atoms with Gasteiger partial charge in [-0.05, 0) is 25.7 Å². The predicted molar refractivity (Wildman–Crippen MR) is 57.6 cm³/mol. The molecule has 0 radical (unpaired) electrons. The summed E-state index contributed by atoms with van der Waals surface area (Å²) >= 11 is 1.54. The highest BCUT2D eigenvalue weighted by atomic mass is 32.1. The topological polar surface area (TPSA) is 65.8 Å². The number of aryl methyl sites for hydroxylation is 2. The highest BCUT2D eigenvalue weighted by molar-refractivity contribution is 7.15. The number of nitrogens with one attached hydrogen (secondary N) is 1. The van der Waals surface area contributed by atoms with Crippen LogP contribution in [0.1, 0.15) is 29.8 Å². The molecule has 0 aliphatic heterocycles. The van der Waals surface area contributed by atoms with Gasteiger partial charge in [-0.1, -0.05) is 0 Å². The number of carbonyl (C=O) groups is 1. The van der Waals surface area contributed by atoms with E-state index in [1.54, 1.807) is 0 Å². The third-order valence-electron chi connectivity index (χ3n) is 2.33. The molecule has 1 aliphatic rings. The number of rotatable bonds is 2. The highest BCUT2D eigenvalue weighted by Crippen LogP contribution is 2.29. The Balaban J connectivity index is 2.07. The molecule has 4 nitrogen and oxygen atoms in total. The van der Waals surface area contributed by atoms with Gasteiger partial charge in [0.05, 0.1) is 11.8 Å². The van der Waals surface area contributed by atoms with E-state index in [4.69, 9.17) is 5.26 Å². The predicted octanol–water partition coefficient (Wildman–Crippen LogP) is 1.87. The minimum absolute atomic E-state index is 0.107. The lowest BCUT2D eigenvalue weighted by molar-refractivity contribution is -0.115. The Hall–Kier alpha value is -1.41. The molecule has 2 rings (SSSR count). The molecule has 78 valence electrons. The van der Waals surface area contributed by atoms with Crippen LogP contribution in [-0.2, 0) is 17.6 Å². The van der Waals surface area contributed by atoms with E-state index < -0.39 is 0 Å². The van der Waals surface area contributed by atoms with E-state index in [-0.39, 0.29) is 12.3 Å². The highest BCUT2D eigenvalue weighted by Gasteiger charge is 2.15. The van der Waals surface area contributed by atoms with Crippen molar-refractivity contribution in [2.45, 2.75) is 32.1 Å². The lowest BCUT2D eigenvalue weighted by Gasteiger charge is -2.06. The number of hydrogen-bond donors (Lipinski definition) is 1. The second-order valence-corrected chi connectivity index (χ2v) is 4.56. The van der Waals surface area contributed by atoms with E-state index in [1.165, 1.54) is 29.1 Å². The van der Waals surface area contributed by atoms with Crippen molar-refractivity contribution in [2.75, 3.05) is 5.32 Å². The molecule has 0 bridgehead atoms. The molecule has 0 saturated carbocycles. The van der Waals surface area contributed by atoms with Gasteiger partial charge < -0.3 is 5.32 Å². The van der Waals surface area contributed by atoms with Crippen molar-refractivity contribution in [3.05, 3.63) is 10.6 Å². The number of anilines is 1. The number of nitrogens with zero attached hydrogens (tertiary/aromatic N) is 2. The molecule has 15 heavy (non-hydrogen) atoms. The second-order valence-electron chi connectivity index (χ2n) is 3.48. The van der Waals surface area contributed by atoms with Gasteiger partial charge in [-0.2, -0.15) is 5.26 Å².